The summed E-state index contributed by atoms with van der Waals surface area (Å²) in [5.74, 6) is -1.61. The quantitative estimate of drug-likeness (QED) is 0.451. The summed E-state index contributed by atoms with van der Waals surface area (Å²) in [4.78, 5) is 40.6. The highest BCUT2D eigenvalue weighted by atomic mass is 35.5. The number of amides is 3. The Morgan fingerprint density at radius 3 is 2.57 bits per heavy atom. The summed E-state index contributed by atoms with van der Waals surface area (Å²) < 4.78 is 1.59. The molecular weight excluding hydrogens is 496 g/mol. The van der Waals surface area contributed by atoms with E-state index < -0.39 is 41.3 Å². The number of hydrogen-bond acceptors (Lipinski definition) is 6. The fourth-order valence-electron chi connectivity index (χ4n) is 4.87. The smallest absolute Gasteiger partial charge is 0.248 e. The van der Waals surface area contributed by atoms with Gasteiger partial charge in [-0.15, -0.1) is 5.10 Å². The minimum absolute atomic E-state index is 0.00939. The highest BCUT2D eigenvalue weighted by Gasteiger charge is 2.45. The van der Waals surface area contributed by atoms with Gasteiger partial charge in [0.15, 0.2) is 0 Å². The molecule has 200 valence electrons. The first-order valence-electron chi connectivity index (χ1n) is 12.7. The number of carbonyl (C=O) groups is 3. The number of aliphatic hydroxyl groups is 1. The minimum atomic E-state index is -0.882. The van der Waals surface area contributed by atoms with Crippen molar-refractivity contribution >= 4 is 29.3 Å². The van der Waals surface area contributed by atoms with E-state index in [-0.39, 0.29) is 31.8 Å². The van der Waals surface area contributed by atoms with Crippen LogP contribution in [0.25, 0.3) is 0 Å². The Bertz CT molecular complexity index is 1160. The van der Waals surface area contributed by atoms with Crippen molar-refractivity contribution in [3.05, 3.63) is 46.7 Å². The van der Waals surface area contributed by atoms with Crippen LogP contribution in [-0.2, 0) is 20.8 Å². The van der Waals surface area contributed by atoms with Gasteiger partial charge in [0.1, 0.15) is 12.1 Å². The van der Waals surface area contributed by atoms with Gasteiger partial charge in [-0.05, 0) is 36.3 Å². The Kier molecular flexibility index (Phi) is 7.89. The van der Waals surface area contributed by atoms with Crippen LogP contribution in [0.5, 0.6) is 0 Å². The van der Waals surface area contributed by atoms with Gasteiger partial charge in [0.25, 0.3) is 0 Å². The summed E-state index contributed by atoms with van der Waals surface area (Å²) >= 11 is 6.23. The molecule has 1 saturated heterocycles. The lowest BCUT2D eigenvalue weighted by atomic mass is 9.85. The van der Waals surface area contributed by atoms with E-state index in [0.29, 0.717) is 10.9 Å². The molecule has 1 unspecified atom stereocenters. The van der Waals surface area contributed by atoms with Gasteiger partial charge in [-0.25, -0.2) is 4.68 Å². The third kappa shape index (κ3) is 6.30. The van der Waals surface area contributed by atoms with Crippen LogP contribution < -0.4 is 11.1 Å². The number of β-amino-alcohol motifs (C(OH)–C–C–N with tert-alkyl or cyclic N) is 1. The second-order valence-corrected chi connectivity index (χ2v) is 11.6. The predicted octanol–water partition coefficient (Wildman–Crippen LogP) is 1.82. The van der Waals surface area contributed by atoms with Crippen LogP contribution in [-0.4, -0.2) is 68.0 Å². The van der Waals surface area contributed by atoms with Crippen molar-refractivity contribution in [3.63, 3.8) is 0 Å². The number of halogens is 1. The van der Waals surface area contributed by atoms with Gasteiger partial charge >= 0.3 is 0 Å². The first-order valence-corrected chi connectivity index (χ1v) is 13.0. The molecular formula is C26H35ClN6O4. The molecule has 10 nitrogen and oxygen atoms in total. The molecule has 4 rings (SSSR count). The lowest BCUT2D eigenvalue weighted by Gasteiger charge is -2.34. The molecule has 1 aromatic carbocycles. The number of aromatic nitrogens is 3. The molecule has 4 atom stereocenters. The van der Waals surface area contributed by atoms with Crippen LogP contribution in [0.2, 0.25) is 5.02 Å². The molecule has 1 aromatic heterocycles. The summed E-state index contributed by atoms with van der Waals surface area (Å²) in [5.41, 5.74) is 6.70. The van der Waals surface area contributed by atoms with Crippen LogP contribution in [0.1, 0.15) is 63.3 Å². The van der Waals surface area contributed by atoms with E-state index in [0.717, 1.165) is 24.1 Å². The van der Waals surface area contributed by atoms with Gasteiger partial charge in [-0.1, -0.05) is 55.8 Å². The number of nitrogens with zero attached hydrogens (tertiary/aromatic N) is 4. The van der Waals surface area contributed by atoms with E-state index in [9.17, 15) is 19.5 Å². The van der Waals surface area contributed by atoms with E-state index in [1.165, 1.54) is 4.90 Å². The summed E-state index contributed by atoms with van der Waals surface area (Å²) in [5, 5.41) is 22.2. The number of carbonyl (C=O) groups excluding carboxylic acids is 3. The SMILES string of the molecule is CC(C)(C)[C@@H](C(=O)N1C[C@H](O)C[C@H]1C(=O)NCC(Cc1ccccc1Cl)C(N)=O)n1cc(C2CC2)nn1. The largest absolute Gasteiger partial charge is 0.391 e. The normalized spacial score (nSPS) is 21.5. The fourth-order valence-corrected chi connectivity index (χ4v) is 5.08. The molecule has 4 N–H and O–H groups in total. The summed E-state index contributed by atoms with van der Waals surface area (Å²) in [6.07, 6.45) is 3.48. The number of benzene rings is 1. The van der Waals surface area contributed by atoms with Gasteiger partial charge in [0.05, 0.1) is 17.7 Å². The van der Waals surface area contributed by atoms with Crippen LogP contribution in [0.3, 0.4) is 0 Å². The highest BCUT2D eigenvalue weighted by Crippen LogP contribution is 2.40. The van der Waals surface area contributed by atoms with E-state index in [1.54, 1.807) is 22.9 Å². The molecule has 0 bridgehead atoms. The molecule has 2 aliphatic rings. The lowest BCUT2D eigenvalue weighted by Crippen LogP contribution is -2.51. The molecule has 2 aromatic rings. The first-order chi connectivity index (χ1) is 17.5. The number of nitrogens with one attached hydrogen (secondary N) is 1. The van der Waals surface area contributed by atoms with E-state index >= 15 is 0 Å². The van der Waals surface area contributed by atoms with Crippen LogP contribution in [0.4, 0.5) is 0 Å². The van der Waals surface area contributed by atoms with Crippen molar-refractivity contribution in [1.29, 1.82) is 0 Å². The molecule has 37 heavy (non-hydrogen) atoms. The zero-order valence-corrected chi connectivity index (χ0v) is 22.2. The molecule has 1 aliphatic heterocycles. The lowest BCUT2D eigenvalue weighted by molar-refractivity contribution is -0.144. The van der Waals surface area contributed by atoms with Crippen molar-refractivity contribution in [3.8, 4) is 0 Å². The summed E-state index contributed by atoms with van der Waals surface area (Å²) in [6.45, 7) is 5.82. The Labute approximate surface area is 221 Å². The van der Waals surface area contributed by atoms with Crippen molar-refractivity contribution < 1.29 is 19.5 Å². The van der Waals surface area contributed by atoms with E-state index in [2.05, 4.69) is 15.6 Å². The maximum Gasteiger partial charge on any atom is 0.248 e. The van der Waals surface area contributed by atoms with Gasteiger partial charge < -0.3 is 21.1 Å². The van der Waals surface area contributed by atoms with E-state index in [1.807, 2.05) is 33.0 Å². The Morgan fingerprint density at radius 1 is 1.24 bits per heavy atom. The zero-order chi connectivity index (χ0) is 26.9. The van der Waals surface area contributed by atoms with Gasteiger partial charge in [-0.3, -0.25) is 14.4 Å². The number of hydrogen-bond donors (Lipinski definition) is 3. The molecule has 3 amide bonds. The van der Waals surface area contributed by atoms with E-state index in [4.69, 9.17) is 17.3 Å². The highest BCUT2D eigenvalue weighted by molar-refractivity contribution is 6.31. The topological polar surface area (TPSA) is 143 Å². The fraction of sp³-hybridized carbons (Fsp3) is 0.577. The maximum absolute atomic E-state index is 13.8. The maximum atomic E-state index is 13.8. The molecule has 1 saturated carbocycles. The molecule has 1 aliphatic carbocycles. The Morgan fingerprint density at radius 2 is 1.95 bits per heavy atom. The standard InChI is InChI=1S/C26H35ClN6O4/c1-26(2,3)22(33-14-20(30-31-33)15-8-9-15)25(37)32-13-18(34)11-21(32)24(36)29-12-17(23(28)35)10-16-6-4-5-7-19(16)27/h4-7,14-15,17-18,21-22,34H,8-13H2,1-3H3,(H2,28,35)(H,29,36)/t17?,18-,21+,22-/m1/s1. The molecule has 0 radical (unpaired) electrons. The summed E-state index contributed by atoms with van der Waals surface area (Å²) in [6, 6.07) is 5.56. The number of nitrogens with two attached hydrogens (primary N) is 1. The average molecular weight is 531 g/mol. The van der Waals surface area contributed by atoms with Crippen molar-refractivity contribution in [2.75, 3.05) is 13.1 Å². The van der Waals surface area contributed by atoms with Crippen molar-refractivity contribution in [2.45, 2.75) is 70.6 Å². The third-order valence-corrected chi connectivity index (χ3v) is 7.43. The Balaban J connectivity index is 1.47. The number of aliphatic hydroxyl groups excluding tert-OH is 1. The van der Waals surface area contributed by atoms with Crippen LogP contribution in [0, 0.1) is 11.3 Å². The first kappa shape index (κ1) is 27.1. The van der Waals surface area contributed by atoms with Crippen LogP contribution >= 0.6 is 11.6 Å². The average Bonchev–Trinajstić information content (AvgIpc) is 3.43. The molecule has 11 heteroatoms. The van der Waals surface area contributed by atoms with Crippen molar-refractivity contribution in [1.82, 2.24) is 25.2 Å². The zero-order valence-electron chi connectivity index (χ0n) is 21.4. The second-order valence-electron chi connectivity index (χ2n) is 11.2. The van der Waals surface area contributed by atoms with Gasteiger partial charge in [-0.2, -0.15) is 0 Å². The van der Waals surface area contributed by atoms with Crippen molar-refractivity contribution in [2.24, 2.45) is 17.1 Å². The number of rotatable bonds is 9. The summed E-state index contributed by atoms with van der Waals surface area (Å²) in [7, 11) is 0. The third-order valence-electron chi connectivity index (χ3n) is 7.06. The Hall–Kier alpha value is -2.98. The second kappa shape index (κ2) is 10.8. The number of primary amides is 1. The van der Waals surface area contributed by atoms with Gasteiger partial charge in [0.2, 0.25) is 17.7 Å². The molecule has 2 fully saturated rings. The monoisotopic (exact) mass is 530 g/mol. The number of likely N-dealkylation sites (tertiary alicyclic amines) is 1. The minimum Gasteiger partial charge on any atom is -0.391 e. The van der Waals surface area contributed by atoms with Gasteiger partial charge in [0, 0.05) is 36.6 Å². The molecule has 2 heterocycles. The molecule has 0 spiro atoms. The van der Waals surface area contributed by atoms with Crippen LogP contribution in [0.15, 0.2) is 30.5 Å². The predicted molar refractivity (Wildman–Crippen MR) is 137 cm³/mol.